The number of amides is 1. The maximum absolute atomic E-state index is 13.6. The van der Waals surface area contributed by atoms with Crippen molar-refractivity contribution in [3.8, 4) is 0 Å². The number of rotatable bonds is 6. The maximum atomic E-state index is 13.6. The molecule has 0 saturated heterocycles. The maximum Gasteiger partial charge on any atom is 0.225 e. The van der Waals surface area contributed by atoms with Crippen molar-refractivity contribution in [2.45, 2.75) is 13.0 Å². The van der Waals surface area contributed by atoms with E-state index >= 15 is 0 Å². The van der Waals surface area contributed by atoms with Crippen molar-refractivity contribution < 1.29 is 13.6 Å². The lowest BCUT2D eigenvalue weighted by molar-refractivity contribution is -0.116. The summed E-state index contributed by atoms with van der Waals surface area (Å²) in [7, 11) is 1.79. The summed E-state index contributed by atoms with van der Waals surface area (Å²) in [5.74, 6) is -1.16. The van der Waals surface area contributed by atoms with Gasteiger partial charge in [0.15, 0.2) is 0 Å². The van der Waals surface area contributed by atoms with E-state index in [0.717, 1.165) is 6.07 Å². The lowest BCUT2D eigenvalue weighted by atomic mass is 10.2. The summed E-state index contributed by atoms with van der Waals surface area (Å²) in [6.07, 6.45) is 0.174. The van der Waals surface area contributed by atoms with Gasteiger partial charge in [-0.25, -0.2) is 8.78 Å². The minimum atomic E-state index is -0.578. The monoisotopic (exact) mass is 338 g/mol. The van der Waals surface area contributed by atoms with E-state index < -0.39 is 5.82 Å². The number of hydrogen-bond donors (Lipinski definition) is 1. The SMILES string of the molecule is CN(CCC(=O)Nc1ccc(Cl)cc1F)Cc1ccccc1F. The minimum Gasteiger partial charge on any atom is -0.324 e. The minimum absolute atomic E-state index is 0.0937. The second-order valence-electron chi connectivity index (χ2n) is 5.25. The molecular formula is C17H17ClF2N2O. The van der Waals surface area contributed by atoms with Gasteiger partial charge in [0.2, 0.25) is 5.91 Å². The van der Waals surface area contributed by atoms with Crippen LogP contribution in [-0.4, -0.2) is 24.4 Å². The van der Waals surface area contributed by atoms with Crippen molar-refractivity contribution in [3.63, 3.8) is 0 Å². The van der Waals surface area contributed by atoms with E-state index in [1.165, 1.54) is 18.2 Å². The summed E-state index contributed by atoms with van der Waals surface area (Å²) >= 11 is 5.66. The highest BCUT2D eigenvalue weighted by molar-refractivity contribution is 6.30. The van der Waals surface area contributed by atoms with Crippen molar-refractivity contribution in [1.29, 1.82) is 0 Å². The number of anilines is 1. The summed E-state index contributed by atoms with van der Waals surface area (Å²) < 4.78 is 27.1. The Morgan fingerprint density at radius 3 is 2.61 bits per heavy atom. The van der Waals surface area contributed by atoms with Gasteiger partial charge >= 0.3 is 0 Å². The fourth-order valence-corrected chi connectivity index (χ4v) is 2.25. The summed E-state index contributed by atoms with van der Waals surface area (Å²) in [4.78, 5) is 13.7. The highest BCUT2D eigenvalue weighted by Crippen LogP contribution is 2.19. The Morgan fingerprint density at radius 1 is 1.17 bits per heavy atom. The van der Waals surface area contributed by atoms with Crippen LogP contribution < -0.4 is 5.32 Å². The molecule has 0 aliphatic carbocycles. The summed E-state index contributed by atoms with van der Waals surface area (Å²) in [5.41, 5.74) is 0.662. The Morgan fingerprint density at radius 2 is 1.91 bits per heavy atom. The molecule has 0 aromatic heterocycles. The van der Waals surface area contributed by atoms with Crippen LogP contribution in [0.3, 0.4) is 0 Å². The largest absolute Gasteiger partial charge is 0.324 e. The van der Waals surface area contributed by atoms with Gasteiger partial charge < -0.3 is 10.2 Å². The zero-order valence-corrected chi connectivity index (χ0v) is 13.4. The Balaban J connectivity index is 1.83. The third kappa shape index (κ3) is 5.30. The fraction of sp³-hybridized carbons (Fsp3) is 0.235. The van der Waals surface area contributed by atoms with Gasteiger partial charge in [0, 0.05) is 30.1 Å². The number of nitrogens with one attached hydrogen (secondary N) is 1. The molecule has 0 heterocycles. The first-order valence-electron chi connectivity index (χ1n) is 7.12. The summed E-state index contributed by atoms with van der Waals surface area (Å²) in [6, 6.07) is 10.6. The van der Waals surface area contributed by atoms with E-state index in [1.54, 1.807) is 25.2 Å². The van der Waals surface area contributed by atoms with Gasteiger partial charge in [-0.3, -0.25) is 4.79 Å². The second kappa shape index (κ2) is 8.04. The normalized spacial score (nSPS) is 10.8. The Bertz CT molecular complexity index is 694. The van der Waals surface area contributed by atoms with Crippen LogP contribution in [0.2, 0.25) is 5.02 Å². The van der Waals surface area contributed by atoms with Gasteiger partial charge in [-0.05, 0) is 31.3 Å². The van der Waals surface area contributed by atoms with E-state index in [4.69, 9.17) is 11.6 Å². The third-order valence-corrected chi connectivity index (χ3v) is 3.56. The van der Waals surface area contributed by atoms with Gasteiger partial charge in [-0.1, -0.05) is 29.8 Å². The van der Waals surface area contributed by atoms with E-state index in [0.29, 0.717) is 18.7 Å². The lowest BCUT2D eigenvalue weighted by Crippen LogP contribution is -2.24. The first-order chi connectivity index (χ1) is 11.0. The molecule has 2 rings (SSSR count). The molecule has 2 aromatic rings. The average Bonchev–Trinajstić information content (AvgIpc) is 2.50. The predicted molar refractivity (Wildman–Crippen MR) is 87.4 cm³/mol. The molecule has 0 aliphatic heterocycles. The molecule has 3 nitrogen and oxygen atoms in total. The molecule has 23 heavy (non-hydrogen) atoms. The fourth-order valence-electron chi connectivity index (χ4n) is 2.09. The number of carbonyl (C=O) groups is 1. The standard InChI is InChI=1S/C17H17ClF2N2O/c1-22(11-12-4-2-3-5-14(12)19)9-8-17(23)21-16-7-6-13(18)10-15(16)20/h2-7,10H,8-9,11H2,1H3,(H,21,23). The van der Waals surface area contributed by atoms with Crippen molar-refractivity contribution in [3.05, 3.63) is 64.7 Å². The molecule has 122 valence electrons. The third-order valence-electron chi connectivity index (χ3n) is 3.32. The van der Waals surface area contributed by atoms with Crippen LogP contribution in [0.25, 0.3) is 0 Å². The molecule has 1 N–H and O–H groups in total. The molecule has 0 radical (unpaired) electrons. The van der Waals surface area contributed by atoms with Gasteiger partial charge in [0.1, 0.15) is 11.6 Å². The first-order valence-corrected chi connectivity index (χ1v) is 7.50. The van der Waals surface area contributed by atoms with Crippen molar-refractivity contribution in [2.24, 2.45) is 0 Å². The van der Waals surface area contributed by atoms with E-state index in [-0.39, 0.29) is 28.9 Å². The molecule has 0 unspecified atom stereocenters. The molecule has 6 heteroatoms. The quantitative estimate of drug-likeness (QED) is 0.860. The summed E-state index contributed by atoms with van der Waals surface area (Å²) in [6.45, 7) is 0.824. The number of benzene rings is 2. The van der Waals surface area contributed by atoms with Crippen LogP contribution in [0.15, 0.2) is 42.5 Å². The zero-order chi connectivity index (χ0) is 16.8. The van der Waals surface area contributed by atoms with E-state index in [9.17, 15) is 13.6 Å². The van der Waals surface area contributed by atoms with Crippen molar-refractivity contribution in [2.75, 3.05) is 18.9 Å². The van der Waals surface area contributed by atoms with Crippen LogP contribution in [0, 0.1) is 11.6 Å². The number of nitrogens with zero attached hydrogens (tertiary/aromatic N) is 1. The molecule has 0 bridgehead atoms. The molecule has 1 amide bonds. The van der Waals surface area contributed by atoms with Gasteiger partial charge in [0.25, 0.3) is 0 Å². The summed E-state index contributed by atoms with van der Waals surface area (Å²) in [5, 5.41) is 2.76. The number of hydrogen-bond acceptors (Lipinski definition) is 2. The second-order valence-corrected chi connectivity index (χ2v) is 5.69. The number of halogens is 3. The lowest BCUT2D eigenvalue weighted by Gasteiger charge is -2.17. The molecule has 0 spiro atoms. The van der Waals surface area contributed by atoms with Gasteiger partial charge in [0.05, 0.1) is 5.69 Å². The molecular weight excluding hydrogens is 322 g/mol. The van der Waals surface area contributed by atoms with Crippen LogP contribution in [-0.2, 0) is 11.3 Å². The molecule has 0 fully saturated rings. The smallest absolute Gasteiger partial charge is 0.225 e. The first kappa shape index (κ1) is 17.4. The van der Waals surface area contributed by atoms with Crippen LogP contribution in [0.5, 0.6) is 0 Å². The predicted octanol–water partition coefficient (Wildman–Crippen LogP) is 4.08. The topological polar surface area (TPSA) is 32.3 Å². The number of carbonyl (C=O) groups excluding carboxylic acids is 1. The van der Waals surface area contributed by atoms with Crippen molar-refractivity contribution in [1.82, 2.24) is 4.90 Å². The highest BCUT2D eigenvalue weighted by Gasteiger charge is 2.10. The van der Waals surface area contributed by atoms with Gasteiger partial charge in [-0.15, -0.1) is 0 Å². The van der Waals surface area contributed by atoms with Crippen LogP contribution in [0.4, 0.5) is 14.5 Å². The Labute approximate surface area is 138 Å². The highest BCUT2D eigenvalue weighted by atomic mass is 35.5. The van der Waals surface area contributed by atoms with Crippen LogP contribution >= 0.6 is 11.6 Å². The molecule has 0 saturated carbocycles. The molecule has 0 aliphatic rings. The zero-order valence-electron chi connectivity index (χ0n) is 12.7. The molecule has 0 atom stereocenters. The van der Waals surface area contributed by atoms with Crippen molar-refractivity contribution >= 4 is 23.2 Å². The van der Waals surface area contributed by atoms with E-state index in [2.05, 4.69) is 5.32 Å². The van der Waals surface area contributed by atoms with Crippen LogP contribution in [0.1, 0.15) is 12.0 Å². The Hall–Kier alpha value is -1.98. The van der Waals surface area contributed by atoms with Gasteiger partial charge in [-0.2, -0.15) is 0 Å². The Kier molecular flexibility index (Phi) is 6.07. The average molecular weight is 339 g/mol. The molecule has 2 aromatic carbocycles. The van der Waals surface area contributed by atoms with E-state index in [1.807, 2.05) is 4.90 Å².